The molecule has 2 saturated heterocycles. The van der Waals surface area contributed by atoms with Gasteiger partial charge in [0.15, 0.2) is 0 Å². The number of rotatable bonds is 2. The van der Waals surface area contributed by atoms with Gasteiger partial charge in [-0.15, -0.1) is 0 Å². The number of nitriles is 2. The Morgan fingerprint density at radius 2 is 1.75 bits per heavy atom. The number of piperidine rings is 1. The predicted molar refractivity (Wildman–Crippen MR) is 77.1 cm³/mol. The summed E-state index contributed by atoms with van der Waals surface area (Å²) < 4.78 is 0. The van der Waals surface area contributed by atoms with E-state index in [1.54, 1.807) is 12.1 Å². The van der Waals surface area contributed by atoms with Crippen LogP contribution in [0, 0.1) is 22.7 Å². The van der Waals surface area contributed by atoms with Gasteiger partial charge in [0.05, 0.1) is 11.1 Å². The zero-order valence-electron chi connectivity index (χ0n) is 11.6. The molecule has 2 aliphatic rings. The van der Waals surface area contributed by atoms with Crippen LogP contribution in [-0.2, 0) is 0 Å². The molecule has 0 radical (unpaired) electrons. The van der Waals surface area contributed by atoms with Gasteiger partial charge in [0.2, 0.25) is 0 Å². The average Bonchev–Trinajstić information content (AvgIpc) is 2.68. The highest BCUT2D eigenvalue weighted by molar-refractivity contribution is 5.56. The SMILES string of the molecule is CN1C2CCC1CC(Nc1ccc(C#N)c(C#N)c1)C2. The van der Waals surface area contributed by atoms with Crippen molar-refractivity contribution in [3.05, 3.63) is 29.3 Å². The standard InChI is InChI=1S/C16H18N4/c1-20-15-4-5-16(20)8-14(7-15)19-13-3-2-11(9-17)12(6-13)10-18/h2-3,6,14-16,19H,4-5,7-8H2,1H3. The fourth-order valence-electron chi connectivity index (χ4n) is 3.59. The molecular weight excluding hydrogens is 248 g/mol. The first-order chi connectivity index (χ1) is 9.71. The highest BCUT2D eigenvalue weighted by atomic mass is 15.2. The molecule has 3 rings (SSSR count). The molecular formula is C16H18N4. The van der Waals surface area contributed by atoms with Gasteiger partial charge in [-0.25, -0.2) is 0 Å². The largest absolute Gasteiger partial charge is 0.382 e. The van der Waals surface area contributed by atoms with Gasteiger partial charge in [0.1, 0.15) is 12.1 Å². The molecule has 2 fully saturated rings. The minimum absolute atomic E-state index is 0.446. The Balaban J connectivity index is 1.73. The maximum atomic E-state index is 9.07. The summed E-state index contributed by atoms with van der Waals surface area (Å²) >= 11 is 0. The fraction of sp³-hybridized carbons (Fsp3) is 0.500. The Hall–Kier alpha value is -2.04. The highest BCUT2D eigenvalue weighted by Gasteiger charge is 2.38. The number of hydrogen-bond acceptors (Lipinski definition) is 4. The molecule has 4 nitrogen and oxygen atoms in total. The van der Waals surface area contributed by atoms with Gasteiger partial charge in [-0.05, 0) is 50.9 Å². The molecule has 2 heterocycles. The smallest absolute Gasteiger partial charge is 0.101 e. The van der Waals surface area contributed by atoms with E-state index in [0.717, 1.165) is 18.5 Å². The van der Waals surface area contributed by atoms with E-state index in [2.05, 4.69) is 29.4 Å². The van der Waals surface area contributed by atoms with Crippen molar-refractivity contribution in [1.82, 2.24) is 4.90 Å². The van der Waals surface area contributed by atoms with Crippen molar-refractivity contribution >= 4 is 5.69 Å². The highest BCUT2D eigenvalue weighted by Crippen LogP contribution is 2.35. The summed E-state index contributed by atoms with van der Waals surface area (Å²) in [5.74, 6) is 0. The summed E-state index contributed by atoms with van der Waals surface area (Å²) in [5, 5.41) is 21.6. The van der Waals surface area contributed by atoms with Crippen molar-refractivity contribution in [3.8, 4) is 12.1 Å². The molecule has 1 N–H and O–H groups in total. The van der Waals surface area contributed by atoms with Gasteiger partial charge in [0.25, 0.3) is 0 Å². The quantitative estimate of drug-likeness (QED) is 0.893. The van der Waals surface area contributed by atoms with Gasteiger partial charge < -0.3 is 10.2 Å². The van der Waals surface area contributed by atoms with Crippen molar-refractivity contribution < 1.29 is 0 Å². The van der Waals surface area contributed by atoms with Crippen LogP contribution >= 0.6 is 0 Å². The van der Waals surface area contributed by atoms with Gasteiger partial charge in [-0.2, -0.15) is 10.5 Å². The molecule has 1 aromatic rings. The molecule has 2 unspecified atom stereocenters. The first-order valence-electron chi connectivity index (χ1n) is 7.14. The van der Waals surface area contributed by atoms with Gasteiger partial charge >= 0.3 is 0 Å². The molecule has 2 bridgehead atoms. The van der Waals surface area contributed by atoms with Crippen LogP contribution in [0.2, 0.25) is 0 Å². The maximum absolute atomic E-state index is 9.07. The lowest BCUT2D eigenvalue weighted by molar-refractivity contribution is 0.169. The zero-order valence-corrected chi connectivity index (χ0v) is 11.6. The maximum Gasteiger partial charge on any atom is 0.101 e. The summed E-state index contributed by atoms with van der Waals surface area (Å²) in [6.45, 7) is 0. The van der Waals surface area contributed by atoms with E-state index < -0.39 is 0 Å². The molecule has 20 heavy (non-hydrogen) atoms. The summed E-state index contributed by atoms with van der Waals surface area (Å²) in [6.07, 6.45) is 4.93. The number of fused-ring (bicyclic) bond motifs is 2. The van der Waals surface area contributed by atoms with Crippen LogP contribution in [0.25, 0.3) is 0 Å². The molecule has 2 aliphatic heterocycles. The Bertz CT molecular complexity index is 581. The van der Waals surface area contributed by atoms with Crippen molar-refractivity contribution in [3.63, 3.8) is 0 Å². The number of hydrogen-bond donors (Lipinski definition) is 1. The lowest BCUT2D eigenvalue weighted by Gasteiger charge is -2.37. The van der Waals surface area contributed by atoms with Crippen molar-refractivity contribution in [2.45, 2.75) is 43.8 Å². The second-order valence-corrected chi connectivity index (χ2v) is 5.85. The van der Waals surface area contributed by atoms with E-state index in [4.69, 9.17) is 10.5 Å². The van der Waals surface area contributed by atoms with Crippen molar-refractivity contribution in [2.75, 3.05) is 12.4 Å². The third-order valence-electron chi connectivity index (χ3n) is 4.73. The van der Waals surface area contributed by atoms with E-state index in [-0.39, 0.29) is 0 Å². The van der Waals surface area contributed by atoms with Crippen LogP contribution < -0.4 is 5.32 Å². The molecule has 1 aromatic carbocycles. The monoisotopic (exact) mass is 266 g/mol. The van der Waals surface area contributed by atoms with Crippen molar-refractivity contribution in [1.29, 1.82) is 10.5 Å². The normalized spacial score (nSPS) is 28.6. The molecule has 0 aromatic heterocycles. The van der Waals surface area contributed by atoms with E-state index in [1.807, 2.05) is 6.07 Å². The lowest BCUT2D eigenvalue weighted by atomic mass is 9.97. The molecule has 0 spiro atoms. The number of anilines is 1. The van der Waals surface area contributed by atoms with E-state index in [0.29, 0.717) is 29.3 Å². The average molecular weight is 266 g/mol. The molecule has 0 saturated carbocycles. The van der Waals surface area contributed by atoms with Gasteiger partial charge in [-0.3, -0.25) is 0 Å². The first kappa shape index (κ1) is 13.0. The lowest BCUT2D eigenvalue weighted by Crippen LogP contribution is -2.44. The van der Waals surface area contributed by atoms with Crippen molar-refractivity contribution in [2.24, 2.45) is 0 Å². The van der Waals surface area contributed by atoms with Crippen LogP contribution in [0.1, 0.15) is 36.8 Å². The minimum atomic E-state index is 0.446. The number of nitrogens with zero attached hydrogens (tertiary/aromatic N) is 3. The molecule has 2 atom stereocenters. The number of benzene rings is 1. The topological polar surface area (TPSA) is 62.9 Å². The summed E-state index contributed by atoms with van der Waals surface area (Å²) in [4.78, 5) is 2.51. The Labute approximate surface area is 119 Å². The summed E-state index contributed by atoms with van der Waals surface area (Å²) in [6, 6.07) is 11.4. The fourth-order valence-corrected chi connectivity index (χ4v) is 3.59. The third-order valence-corrected chi connectivity index (χ3v) is 4.73. The molecule has 0 aliphatic carbocycles. The number of nitrogens with one attached hydrogen (secondary N) is 1. The van der Waals surface area contributed by atoms with E-state index >= 15 is 0 Å². The van der Waals surface area contributed by atoms with Gasteiger partial charge in [0, 0.05) is 23.8 Å². The molecule has 0 amide bonds. The second-order valence-electron chi connectivity index (χ2n) is 5.85. The Morgan fingerprint density at radius 1 is 1.10 bits per heavy atom. The van der Waals surface area contributed by atoms with Crippen LogP contribution in [0.3, 0.4) is 0 Å². The molecule has 102 valence electrons. The zero-order chi connectivity index (χ0) is 14.1. The summed E-state index contributed by atoms with van der Waals surface area (Å²) in [5.41, 5.74) is 1.85. The third kappa shape index (κ3) is 2.24. The Kier molecular flexibility index (Phi) is 3.34. The second kappa shape index (κ2) is 5.15. The Morgan fingerprint density at radius 3 is 2.35 bits per heavy atom. The molecule has 4 heteroatoms. The van der Waals surface area contributed by atoms with E-state index in [9.17, 15) is 0 Å². The first-order valence-corrected chi connectivity index (χ1v) is 7.14. The minimum Gasteiger partial charge on any atom is -0.382 e. The van der Waals surface area contributed by atoms with E-state index in [1.165, 1.54) is 12.8 Å². The van der Waals surface area contributed by atoms with Crippen LogP contribution in [-0.4, -0.2) is 30.1 Å². The van der Waals surface area contributed by atoms with Crippen LogP contribution in [0.5, 0.6) is 0 Å². The predicted octanol–water partition coefficient (Wildman–Crippen LogP) is 2.47. The summed E-state index contributed by atoms with van der Waals surface area (Å²) in [7, 11) is 2.23. The van der Waals surface area contributed by atoms with Crippen LogP contribution in [0.4, 0.5) is 5.69 Å². The van der Waals surface area contributed by atoms with Crippen LogP contribution in [0.15, 0.2) is 18.2 Å². The van der Waals surface area contributed by atoms with Gasteiger partial charge in [-0.1, -0.05) is 0 Å².